The molecule has 168 valence electrons. The second kappa shape index (κ2) is 9.39. The molecule has 1 aromatic carbocycles. The van der Waals surface area contributed by atoms with Crippen LogP contribution >= 0.6 is 0 Å². The molecule has 0 fully saturated rings. The van der Waals surface area contributed by atoms with Gasteiger partial charge in [-0.15, -0.1) is 0 Å². The molecule has 3 amide bonds. The van der Waals surface area contributed by atoms with Gasteiger partial charge in [0.1, 0.15) is 6.54 Å². The maximum Gasteiger partial charge on any atom is 0.262 e. The molecule has 33 heavy (non-hydrogen) atoms. The van der Waals surface area contributed by atoms with Crippen molar-refractivity contribution in [2.24, 2.45) is 4.99 Å². The number of aromatic nitrogens is 4. The first-order valence-corrected chi connectivity index (χ1v) is 10.3. The van der Waals surface area contributed by atoms with Gasteiger partial charge in [0.2, 0.25) is 17.8 Å². The number of imide groups is 1. The number of aromatic amines is 1. The van der Waals surface area contributed by atoms with Gasteiger partial charge in [0.15, 0.2) is 0 Å². The molecule has 11 heteroatoms. The van der Waals surface area contributed by atoms with Crippen LogP contribution in [0.3, 0.4) is 0 Å². The molecule has 3 N–H and O–H groups in total. The second-order valence-electron chi connectivity index (χ2n) is 7.45. The number of fused-ring (bicyclic) bond motifs is 1. The number of hydrogen-bond acceptors (Lipinski definition) is 7. The predicted octanol–water partition coefficient (Wildman–Crippen LogP) is 1.24. The zero-order valence-corrected chi connectivity index (χ0v) is 18.1. The Morgan fingerprint density at radius 2 is 1.76 bits per heavy atom. The van der Waals surface area contributed by atoms with Crippen LogP contribution in [-0.2, 0) is 11.2 Å². The third-order valence-electron chi connectivity index (χ3n) is 4.86. The largest absolute Gasteiger partial charge is 0.348 e. The highest BCUT2D eigenvalue weighted by molar-refractivity contribution is 6.22. The number of amides is 3. The maximum absolute atomic E-state index is 12.7. The third-order valence-corrected chi connectivity index (χ3v) is 4.86. The van der Waals surface area contributed by atoms with Crippen LogP contribution in [0.15, 0.2) is 47.8 Å². The highest BCUT2D eigenvalue weighted by Crippen LogP contribution is 2.21. The lowest BCUT2D eigenvalue weighted by Gasteiger charge is -2.15. The number of nitrogens with zero attached hydrogens (tertiary/aromatic N) is 5. The molecule has 0 saturated carbocycles. The van der Waals surface area contributed by atoms with Crippen molar-refractivity contribution in [3.8, 4) is 0 Å². The number of anilines is 1. The third kappa shape index (κ3) is 5.09. The highest BCUT2D eigenvalue weighted by Gasteiger charge is 2.36. The summed E-state index contributed by atoms with van der Waals surface area (Å²) in [4.78, 5) is 58.7. The molecule has 0 bridgehead atoms. The molecule has 1 aliphatic rings. The molecule has 4 rings (SSSR count). The average Bonchev–Trinajstić information content (AvgIpc) is 3.36. The first-order chi connectivity index (χ1) is 15.9. The van der Waals surface area contributed by atoms with Crippen molar-refractivity contribution in [1.82, 2.24) is 30.2 Å². The molecular formula is C22H22N8O3. The molecular weight excluding hydrogens is 424 g/mol. The van der Waals surface area contributed by atoms with Gasteiger partial charge in [0.05, 0.1) is 17.5 Å². The lowest BCUT2D eigenvalue weighted by Crippen LogP contribution is -2.44. The summed E-state index contributed by atoms with van der Waals surface area (Å²) in [5, 5.41) is 5.55. The van der Waals surface area contributed by atoms with Crippen molar-refractivity contribution < 1.29 is 14.4 Å². The van der Waals surface area contributed by atoms with E-state index in [4.69, 9.17) is 0 Å². The number of carbonyl (C=O) groups excluding carboxylic acids is 3. The smallest absolute Gasteiger partial charge is 0.262 e. The molecule has 2 aromatic heterocycles. The van der Waals surface area contributed by atoms with Crippen LogP contribution in [0.1, 0.15) is 37.8 Å². The van der Waals surface area contributed by atoms with Gasteiger partial charge in [0, 0.05) is 36.2 Å². The van der Waals surface area contributed by atoms with Crippen LogP contribution in [0, 0.1) is 13.8 Å². The van der Waals surface area contributed by atoms with Crippen molar-refractivity contribution in [3.63, 3.8) is 0 Å². The summed E-state index contributed by atoms with van der Waals surface area (Å²) in [5.74, 6) is -1.21. The summed E-state index contributed by atoms with van der Waals surface area (Å²) in [5.41, 5.74) is 2.95. The minimum atomic E-state index is -0.582. The number of imidazole rings is 1. The Kier molecular flexibility index (Phi) is 6.20. The van der Waals surface area contributed by atoms with E-state index in [1.807, 2.05) is 19.9 Å². The van der Waals surface area contributed by atoms with Gasteiger partial charge < -0.3 is 4.98 Å². The fourth-order valence-electron chi connectivity index (χ4n) is 3.41. The van der Waals surface area contributed by atoms with Gasteiger partial charge in [-0.25, -0.2) is 15.0 Å². The number of H-pyrrole nitrogens is 1. The van der Waals surface area contributed by atoms with E-state index >= 15 is 0 Å². The Labute approximate surface area is 189 Å². The zero-order chi connectivity index (χ0) is 23.4. The molecule has 3 aromatic rings. The number of rotatable bonds is 6. The number of aliphatic imine (C=N–C) groups is 1. The Morgan fingerprint density at radius 1 is 1.09 bits per heavy atom. The number of aryl methyl sites for hydroxylation is 2. The van der Waals surface area contributed by atoms with Gasteiger partial charge in [0.25, 0.3) is 11.8 Å². The number of hydrogen-bond donors (Lipinski definition) is 3. The van der Waals surface area contributed by atoms with Crippen LogP contribution < -0.4 is 10.6 Å². The van der Waals surface area contributed by atoms with Gasteiger partial charge >= 0.3 is 0 Å². The van der Waals surface area contributed by atoms with E-state index in [2.05, 4.69) is 35.6 Å². The van der Waals surface area contributed by atoms with Crippen LogP contribution in [0.2, 0.25) is 0 Å². The Hall–Kier alpha value is -4.41. The van der Waals surface area contributed by atoms with E-state index in [1.165, 1.54) is 0 Å². The van der Waals surface area contributed by atoms with E-state index in [1.54, 1.807) is 36.8 Å². The van der Waals surface area contributed by atoms with Crippen LogP contribution in [0.5, 0.6) is 0 Å². The summed E-state index contributed by atoms with van der Waals surface area (Å²) in [6.07, 6.45) is 3.83. The Bertz CT molecular complexity index is 1180. The quantitative estimate of drug-likeness (QED) is 0.293. The summed E-state index contributed by atoms with van der Waals surface area (Å²) in [6.45, 7) is 3.55. The monoisotopic (exact) mass is 446 g/mol. The first-order valence-electron chi connectivity index (χ1n) is 10.3. The summed E-state index contributed by atoms with van der Waals surface area (Å²) < 4.78 is 0. The Morgan fingerprint density at radius 3 is 2.36 bits per heavy atom. The van der Waals surface area contributed by atoms with Crippen molar-refractivity contribution >= 4 is 29.6 Å². The lowest BCUT2D eigenvalue weighted by molar-refractivity contribution is -0.120. The average molecular weight is 446 g/mol. The van der Waals surface area contributed by atoms with E-state index in [9.17, 15) is 14.4 Å². The van der Waals surface area contributed by atoms with Crippen molar-refractivity contribution in [2.75, 3.05) is 18.4 Å². The van der Waals surface area contributed by atoms with Crippen molar-refractivity contribution in [2.45, 2.75) is 20.3 Å². The van der Waals surface area contributed by atoms with Crippen LogP contribution in [-0.4, -0.2) is 61.6 Å². The lowest BCUT2D eigenvalue weighted by atomic mass is 10.1. The van der Waals surface area contributed by atoms with Crippen LogP contribution in [0.25, 0.3) is 0 Å². The van der Waals surface area contributed by atoms with E-state index in [0.29, 0.717) is 13.0 Å². The van der Waals surface area contributed by atoms with E-state index in [0.717, 1.165) is 22.0 Å². The SMILES string of the molecule is Cc1cc(C)nc(NC(=NCCc2cnc[nH]2)NC(=O)CN2C(=O)c3ccccc3C2=O)n1. The summed E-state index contributed by atoms with van der Waals surface area (Å²) in [7, 11) is 0. The zero-order valence-electron chi connectivity index (χ0n) is 18.1. The number of nitrogens with one attached hydrogen (secondary N) is 3. The second-order valence-corrected chi connectivity index (χ2v) is 7.45. The molecule has 0 radical (unpaired) electrons. The first kappa shape index (κ1) is 21.8. The maximum atomic E-state index is 12.7. The summed E-state index contributed by atoms with van der Waals surface area (Å²) >= 11 is 0. The molecule has 0 atom stereocenters. The van der Waals surface area contributed by atoms with Gasteiger partial charge in [-0.05, 0) is 32.0 Å². The van der Waals surface area contributed by atoms with E-state index in [-0.39, 0.29) is 23.0 Å². The van der Waals surface area contributed by atoms with Crippen LogP contribution in [0.4, 0.5) is 5.95 Å². The minimum Gasteiger partial charge on any atom is -0.348 e. The van der Waals surface area contributed by atoms with E-state index < -0.39 is 24.3 Å². The molecule has 0 aliphatic carbocycles. The number of guanidine groups is 1. The van der Waals surface area contributed by atoms with Gasteiger partial charge in [-0.3, -0.25) is 34.9 Å². The van der Waals surface area contributed by atoms with Gasteiger partial charge in [-0.2, -0.15) is 0 Å². The van der Waals surface area contributed by atoms with Crippen molar-refractivity contribution in [1.29, 1.82) is 0 Å². The molecule has 11 nitrogen and oxygen atoms in total. The standard InChI is InChI=1S/C22H22N8O3/c1-13-9-14(2)27-22(26-13)29-21(24-8-7-15-10-23-12-25-15)28-18(31)11-30-19(32)16-5-3-4-6-17(16)20(30)33/h3-6,9-10,12H,7-8,11H2,1-2H3,(H,23,25)(H2,24,26,27,28,29,31). The fourth-order valence-corrected chi connectivity index (χ4v) is 3.41. The summed E-state index contributed by atoms with van der Waals surface area (Å²) in [6, 6.07) is 8.29. The molecule has 3 heterocycles. The minimum absolute atomic E-state index is 0.112. The fraction of sp³-hybridized carbons (Fsp3) is 0.227. The molecule has 0 spiro atoms. The molecule has 1 aliphatic heterocycles. The topological polar surface area (TPSA) is 145 Å². The van der Waals surface area contributed by atoms with Gasteiger partial charge in [-0.1, -0.05) is 12.1 Å². The highest BCUT2D eigenvalue weighted by atomic mass is 16.2. The number of benzene rings is 1. The normalized spacial score (nSPS) is 13.3. The Balaban J connectivity index is 1.47. The predicted molar refractivity (Wildman–Crippen MR) is 120 cm³/mol. The number of carbonyl (C=O) groups is 3. The van der Waals surface area contributed by atoms with Crippen molar-refractivity contribution in [3.05, 3.63) is 71.1 Å². The molecule has 0 unspecified atom stereocenters. The molecule has 0 saturated heterocycles.